The number of benzene rings is 1. The van der Waals surface area contributed by atoms with Gasteiger partial charge in [-0.3, -0.25) is 19.1 Å². The Labute approximate surface area is 298 Å². The molecule has 15 nitrogen and oxygen atoms in total. The summed E-state index contributed by atoms with van der Waals surface area (Å²) in [6.07, 6.45) is 1.72. The quantitative estimate of drug-likeness (QED) is 0.289. The third-order valence-electron chi connectivity index (χ3n) is 8.97. The molecule has 2 heterocycles. The van der Waals surface area contributed by atoms with E-state index in [2.05, 4.69) is 31.9 Å². The van der Waals surface area contributed by atoms with Crippen molar-refractivity contribution in [3.8, 4) is 17.3 Å². The van der Waals surface area contributed by atoms with Gasteiger partial charge in [0.1, 0.15) is 29.0 Å². The maximum atomic E-state index is 14.5. The minimum Gasteiger partial charge on any atom is -0.467 e. The zero-order chi connectivity index (χ0) is 37.5. The van der Waals surface area contributed by atoms with Gasteiger partial charge in [0.25, 0.3) is 5.91 Å². The number of hydrogen-bond donors (Lipinski definition) is 3. The summed E-state index contributed by atoms with van der Waals surface area (Å²) in [5, 5.41) is 4.83. The van der Waals surface area contributed by atoms with E-state index in [0.717, 1.165) is 5.56 Å². The fourth-order valence-electron chi connectivity index (χ4n) is 5.94. The predicted molar refractivity (Wildman–Crippen MR) is 189 cm³/mol. The van der Waals surface area contributed by atoms with Crippen molar-refractivity contribution in [1.82, 2.24) is 30.2 Å². The molecule has 1 aromatic carbocycles. The van der Waals surface area contributed by atoms with Crippen LogP contribution in [0.1, 0.15) is 60.8 Å². The summed E-state index contributed by atoms with van der Waals surface area (Å²) in [7, 11) is -2.48. The van der Waals surface area contributed by atoms with Crippen molar-refractivity contribution < 1.29 is 37.1 Å². The topological polar surface area (TPSA) is 189 Å². The van der Waals surface area contributed by atoms with Gasteiger partial charge in [-0.15, -0.1) is 6.58 Å². The Balaban J connectivity index is 1.49. The summed E-state index contributed by atoms with van der Waals surface area (Å²) < 4.78 is 38.4. The number of rotatable bonds is 11. The third kappa shape index (κ3) is 8.43. The lowest BCUT2D eigenvalue weighted by Gasteiger charge is -2.35. The van der Waals surface area contributed by atoms with E-state index in [1.807, 2.05) is 30.3 Å². The van der Waals surface area contributed by atoms with Crippen molar-refractivity contribution in [2.24, 2.45) is 11.3 Å². The first-order chi connectivity index (χ1) is 23.8. The molecule has 1 saturated heterocycles. The lowest BCUT2D eigenvalue weighted by Crippen LogP contribution is -2.60. The summed E-state index contributed by atoms with van der Waals surface area (Å²) in [5.41, 5.74) is -1.90. The standard InChI is InChI=1S/C35H47N7O8S/c1-9-22-18-35(22,30(45)40-51(47,48)23-15-16-23)39-28(43)25-19-41(26-17-24(36-31(37-26)49-8)21-13-11-10-12-14-21)20-42(25)29(44)27(33(2,3)4)38-32(46)50-34(5,6)7/h9-14,17,22-23,25,27H,1,15-16,18-20H2,2-8H3,(H,38,46)(H,39,43)(H,40,45)/t22-,25+,27-,35-/m1/s1. The van der Waals surface area contributed by atoms with Crippen LogP contribution in [0.5, 0.6) is 6.01 Å². The summed E-state index contributed by atoms with van der Waals surface area (Å²) in [5.74, 6) is -2.30. The highest BCUT2D eigenvalue weighted by molar-refractivity contribution is 7.91. The third-order valence-corrected chi connectivity index (χ3v) is 10.8. The molecule has 4 atom stereocenters. The van der Waals surface area contributed by atoms with Crippen LogP contribution in [-0.2, 0) is 29.1 Å². The number of alkyl carbamates (subject to hydrolysis) is 1. The SMILES string of the molecule is C=C[C@@H]1C[C@]1(NC(=O)[C@@H]1CN(c2cc(-c3ccccc3)nc(OC)n2)CN1C(=O)[C@@H](NC(=O)OC(C)(C)C)C(C)(C)C)C(=O)NS(=O)(=O)C1CC1. The number of carbonyl (C=O) groups excluding carboxylic acids is 4. The van der Waals surface area contributed by atoms with E-state index >= 15 is 0 Å². The Morgan fingerprint density at radius 1 is 1.06 bits per heavy atom. The summed E-state index contributed by atoms with van der Waals surface area (Å²) in [4.78, 5) is 67.3. The van der Waals surface area contributed by atoms with Crippen LogP contribution in [0.2, 0.25) is 0 Å². The fourth-order valence-corrected chi connectivity index (χ4v) is 7.31. The average molecular weight is 726 g/mol. The monoisotopic (exact) mass is 725 g/mol. The number of ether oxygens (including phenoxy) is 2. The summed E-state index contributed by atoms with van der Waals surface area (Å²) in [6, 6.07) is 8.79. The van der Waals surface area contributed by atoms with Gasteiger partial charge in [-0.05, 0) is 45.4 Å². The van der Waals surface area contributed by atoms with Crippen molar-refractivity contribution in [3.63, 3.8) is 0 Å². The summed E-state index contributed by atoms with van der Waals surface area (Å²) in [6.45, 7) is 14.0. The number of hydrogen-bond acceptors (Lipinski definition) is 11. The van der Waals surface area contributed by atoms with Crippen LogP contribution in [0.3, 0.4) is 0 Å². The van der Waals surface area contributed by atoms with E-state index in [-0.39, 0.29) is 25.6 Å². The lowest BCUT2D eigenvalue weighted by molar-refractivity contribution is -0.142. The van der Waals surface area contributed by atoms with E-state index in [4.69, 9.17) is 9.47 Å². The molecule has 3 fully saturated rings. The predicted octanol–water partition coefficient (Wildman–Crippen LogP) is 2.74. The molecule has 0 radical (unpaired) electrons. The zero-order valence-corrected chi connectivity index (χ0v) is 30.9. The molecule has 2 saturated carbocycles. The number of amides is 4. The number of anilines is 1. The van der Waals surface area contributed by atoms with Crippen LogP contribution in [0.4, 0.5) is 10.6 Å². The zero-order valence-electron chi connectivity index (χ0n) is 30.1. The maximum absolute atomic E-state index is 14.5. The molecule has 4 amide bonds. The van der Waals surface area contributed by atoms with Crippen LogP contribution in [0.15, 0.2) is 49.1 Å². The smallest absolute Gasteiger partial charge is 0.408 e. The molecular weight excluding hydrogens is 678 g/mol. The largest absolute Gasteiger partial charge is 0.467 e. The summed E-state index contributed by atoms with van der Waals surface area (Å²) >= 11 is 0. The van der Waals surface area contributed by atoms with Gasteiger partial charge in [0.15, 0.2) is 0 Å². The van der Waals surface area contributed by atoms with Gasteiger partial charge in [-0.1, -0.05) is 57.2 Å². The van der Waals surface area contributed by atoms with Crippen LogP contribution >= 0.6 is 0 Å². The minimum atomic E-state index is -3.91. The highest BCUT2D eigenvalue weighted by Crippen LogP contribution is 2.45. The van der Waals surface area contributed by atoms with E-state index in [0.29, 0.717) is 24.4 Å². The second-order valence-corrected chi connectivity index (χ2v) is 17.2. The molecule has 2 aliphatic carbocycles. The van der Waals surface area contributed by atoms with Gasteiger partial charge in [-0.2, -0.15) is 9.97 Å². The second kappa shape index (κ2) is 13.8. The molecule has 3 aliphatic rings. The van der Waals surface area contributed by atoms with Crippen molar-refractivity contribution in [2.75, 3.05) is 25.2 Å². The van der Waals surface area contributed by atoms with Crippen LogP contribution < -0.4 is 25.0 Å². The molecule has 1 aromatic heterocycles. The number of nitrogens with zero attached hydrogens (tertiary/aromatic N) is 4. The van der Waals surface area contributed by atoms with Gasteiger partial charge in [-0.25, -0.2) is 13.2 Å². The number of carbonyl (C=O) groups is 4. The van der Waals surface area contributed by atoms with Gasteiger partial charge in [0.2, 0.25) is 21.8 Å². The molecule has 1 aliphatic heterocycles. The molecule has 3 N–H and O–H groups in total. The lowest BCUT2D eigenvalue weighted by atomic mass is 9.85. The number of nitrogens with one attached hydrogen (secondary N) is 3. The first-order valence-corrected chi connectivity index (χ1v) is 18.4. The molecular formula is C35H47N7O8S. The molecule has 0 unspecified atom stereocenters. The highest BCUT2D eigenvalue weighted by Gasteiger charge is 2.62. The normalized spacial score (nSPS) is 22.4. The van der Waals surface area contributed by atoms with E-state index in [1.54, 1.807) is 52.5 Å². The fraction of sp³-hybridized carbons (Fsp3) is 0.543. The van der Waals surface area contributed by atoms with Crippen molar-refractivity contribution in [1.29, 1.82) is 0 Å². The number of methoxy groups -OCH3 is 1. The molecule has 0 bridgehead atoms. The number of sulfonamides is 1. The van der Waals surface area contributed by atoms with E-state index < -0.39 is 73.6 Å². The Morgan fingerprint density at radius 3 is 2.27 bits per heavy atom. The van der Waals surface area contributed by atoms with Gasteiger partial charge in [0, 0.05) is 17.5 Å². The highest BCUT2D eigenvalue weighted by atomic mass is 32.2. The number of aromatic nitrogens is 2. The molecule has 0 spiro atoms. The van der Waals surface area contributed by atoms with Gasteiger partial charge in [0.05, 0.1) is 31.3 Å². The van der Waals surface area contributed by atoms with Crippen molar-refractivity contribution in [2.45, 2.75) is 89.3 Å². The second-order valence-electron chi connectivity index (χ2n) is 15.3. The van der Waals surface area contributed by atoms with Gasteiger partial charge >= 0.3 is 12.1 Å². The van der Waals surface area contributed by atoms with Crippen LogP contribution in [0.25, 0.3) is 11.3 Å². The van der Waals surface area contributed by atoms with Gasteiger partial charge < -0.3 is 29.9 Å². The Hall–Kier alpha value is -4.73. The van der Waals surface area contributed by atoms with Crippen LogP contribution in [-0.4, -0.2) is 95.9 Å². The maximum Gasteiger partial charge on any atom is 0.408 e. The minimum absolute atomic E-state index is 0.0634. The molecule has 16 heteroatoms. The molecule has 51 heavy (non-hydrogen) atoms. The molecule has 2 aromatic rings. The van der Waals surface area contributed by atoms with E-state index in [1.165, 1.54) is 18.1 Å². The Bertz CT molecular complexity index is 1800. The van der Waals surface area contributed by atoms with E-state index in [9.17, 15) is 27.6 Å². The average Bonchev–Trinajstić information content (AvgIpc) is 3.98. The first-order valence-electron chi connectivity index (χ1n) is 16.8. The Kier molecular flexibility index (Phi) is 10.1. The Morgan fingerprint density at radius 2 is 1.73 bits per heavy atom. The molecule has 276 valence electrons. The van der Waals surface area contributed by atoms with Crippen molar-refractivity contribution >= 4 is 39.7 Å². The first kappa shape index (κ1) is 37.5. The van der Waals surface area contributed by atoms with Crippen molar-refractivity contribution in [3.05, 3.63) is 49.1 Å². The molecule has 5 rings (SSSR count). The van der Waals surface area contributed by atoms with Crippen LogP contribution in [0, 0.1) is 11.3 Å².